The summed E-state index contributed by atoms with van der Waals surface area (Å²) in [7, 11) is 1.35. The van der Waals surface area contributed by atoms with Crippen molar-refractivity contribution in [1.29, 1.82) is 0 Å². The molecule has 0 saturated carbocycles. The summed E-state index contributed by atoms with van der Waals surface area (Å²) < 4.78 is 15.4. The maximum Gasteiger partial charge on any atom is 0.346 e. The van der Waals surface area contributed by atoms with Crippen LogP contribution in [0.4, 0.5) is 5.69 Å². The summed E-state index contributed by atoms with van der Waals surface area (Å²) in [5, 5.41) is 13.8. The van der Waals surface area contributed by atoms with Crippen LogP contribution in [0.2, 0.25) is 0 Å². The molecular weight excluding hydrogens is 332 g/mol. The molecule has 0 aromatic heterocycles. The van der Waals surface area contributed by atoms with E-state index in [-0.39, 0.29) is 23.7 Å². The van der Waals surface area contributed by atoms with E-state index in [1.165, 1.54) is 20.1 Å². The van der Waals surface area contributed by atoms with Crippen LogP contribution in [0.5, 0.6) is 11.5 Å². The zero-order valence-electron chi connectivity index (χ0n) is 14.7. The second-order valence-corrected chi connectivity index (χ2v) is 5.05. The lowest BCUT2D eigenvalue weighted by molar-refractivity contribution is -0.385. The van der Waals surface area contributed by atoms with Crippen LogP contribution in [0.3, 0.4) is 0 Å². The highest BCUT2D eigenvalue weighted by Crippen LogP contribution is 2.35. The van der Waals surface area contributed by atoms with Crippen molar-refractivity contribution in [2.45, 2.75) is 33.3 Å². The topological polar surface area (TPSA) is 117 Å². The highest BCUT2D eigenvalue weighted by atomic mass is 16.6. The summed E-state index contributed by atoms with van der Waals surface area (Å²) in [5.74, 6) is -1.17. The fourth-order valence-corrected chi connectivity index (χ4v) is 1.96. The molecule has 0 bridgehead atoms. The number of hydrogen-bond donors (Lipinski definition) is 1. The minimum absolute atomic E-state index is 0.141. The first-order valence-electron chi connectivity index (χ1n) is 7.83. The van der Waals surface area contributed by atoms with E-state index in [1.54, 1.807) is 6.92 Å². The van der Waals surface area contributed by atoms with Crippen LogP contribution in [-0.2, 0) is 9.53 Å². The van der Waals surface area contributed by atoms with Crippen molar-refractivity contribution in [2.24, 2.45) is 0 Å². The molecule has 1 amide bonds. The Morgan fingerprint density at radius 3 is 2.48 bits per heavy atom. The Labute approximate surface area is 145 Å². The number of hydrogen-bond acceptors (Lipinski definition) is 7. The van der Waals surface area contributed by atoms with Gasteiger partial charge in [-0.05, 0) is 20.3 Å². The molecule has 0 spiro atoms. The fourth-order valence-electron chi connectivity index (χ4n) is 1.96. The van der Waals surface area contributed by atoms with Crippen molar-refractivity contribution in [3.05, 3.63) is 27.8 Å². The molecule has 9 heteroatoms. The van der Waals surface area contributed by atoms with Gasteiger partial charge in [0, 0.05) is 12.6 Å². The second-order valence-electron chi connectivity index (χ2n) is 5.05. The number of esters is 1. The molecule has 0 unspecified atom stereocenters. The quantitative estimate of drug-likeness (QED) is 0.410. The molecule has 0 radical (unpaired) electrons. The van der Waals surface area contributed by atoms with Crippen molar-refractivity contribution in [3.63, 3.8) is 0 Å². The fraction of sp³-hybridized carbons (Fsp3) is 0.500. The van der Waals surface area contributed by atoms with E-state index in [0.717, 1.165) is 12.5 Å². The zero-order chi connectivity index (χ0) is 19.0. The number of carbonyl (C=O) groups is 2. The third kappa shape index (κ3) is 5.33. The Kier molecular flexibility index (Phi) is 7.64. The molecule has 0 fully saturated rings. The lowest BCUT2D eigenvalue weighted by atomic mass is 10.1. The van der Waals surface area contributed by atoms with E-state index in [9.17, 15) is 19.7 Å². The molecule has 0 aliphatic heterocycles. The molecule has 25 heavy (non-hydrogen) atoms. The second kappa shape index (κ2) is 9.45. The third-order valence-corrected chi connectivity index (χ3v) is 3.20. The number of nitro groups is 1. The summed E-state index contributed by atoms with van der Waals surface area (Å²) in [4.78, 5) is 34.6. The Morgan fingerprint density at radius 2 is 1.96 bits per heavy atom. The van der Waals surface area contributed by atoms with E-state index in [1.807, 2.05) is 6.92 Å². The number of ether oxygens (including phenoxy) is 3. The highest BCUT2D eigenvalue weighted by Gasteiger charge is 2.28. The standard InChI is InChI=1S/C16H22N2O7/c1-5-7-17-15(19)10(3)25-16(20)11-8-13(23-4)14(24-6-2)9-12(11)18(21)22/h8-10H,5-7H2,1-4H3,(H,17,19)/t10-/m0/s1. The zero-order valence-corrected chi connectivity index (χ0v) is 14.7. The molecule has 0 aliphatic carbocycles. The van der Waals surface area contributed by atoms with Gasteiger partial charge in [0.15, 0.2) is 17.6 Å². The van der Waals surface area contributed by atoms with E-state index >= 15 is 0 Å². The molecule has 0 heterocycles. The minimum Gasteiger partial charge on any atom is -0.493 e. The van der Waals surface area contributed by atoms with Gasteiger partial charge in [0.25, 0.3) is 11.6 Å². The van der Waals surface area contributed by atoms with E-state index < -0.39 is 28.6 Å². The van der Waals surface area contributed by atoms with Crippen LogP contribution in [0.25, 0.3) is 0 Å². The molecule has 0 aliphatic rings. The largest absolute Gasteiger partial charge is 0.493 e. The van der Waals surface area contributed by atoms with Gasteiger partial charge in [0.05, 0.1) is 24.7 Å². The summed E-state index contributed by atoms with van der Waals surface area (Å²) in [6.45, 7) is 5.70. The Morgan fingerprint density at radius 1 is 1.28 bits per heavy atom. The van der Waals surface area contributed by atoms with Crippen molar-refractivity contribution in [1.82, 2.24) is 5.32 Å². The first kappa shape index (κ1) is 20.2. The number of nitro benzene ring substituents is 1. The Balaban J connectivity index is 3.11. The van der Waals surface area contributed by atoms with Gasteiger partial charge in [-0.2, -0.15) is 0 Å². The smallest absolute Gasteiger partial charge is 0.346 e. The Hall–Kier alpha value is -2.84. The van der Waals surface area contributed by atoms with Crippen LogP contribution >= 0.6 is 0 Å². The van der Waals surface area contributed by atoms with Crippen molar-refractivity contribution in [3.8, 4) is 11.5 Å². The first-order chi connectivity index (χ1) is 11.8. The summed E-state index contributed by atoms with van der Waals surface area (Å²) in [6, 6.07) is 2.27. The molecule has 1 aromatic carbocycles. The SMILES string of the molecule is CCCNC(=O)[C@H](C)OC(=O)c1cc(OC)c(OCC)cc1[N+](=O)[O-]. The number of methoxy groups -OCH3 is 1. The average Bonchev–Trinajstić information content (AvgIpc) is 2.59. The summed E-state index contributed by atoms with van der Waals surface area (Å²) >= 11 is 0. The molecule has 1 aromatic rings. The first-order valence-corrected chi connectivity index (χ1v) is 7.83. The molecule has 138 valence electrons. The predicted octanol–water partition coefficient (Wildman–Crippen LogP) is 2.07. The molecule has 1 atom stereocenters. The molecular formula is C16H22N2O7. The maximum absolute atomic E-state index is 12.3. The maximum atomic E-state index is 12.3. The molecule has 9 nitrogen and oxygen atoms in total. The van der Waals surface area contributed by atoms with Gasteiger partial charge in [-0.25, -0.2) is 4.79 Å². The van der Waals surface area contributed by atoms with E-state index in [4.69, 9.17) is 14.2 Å². The van der Waals surface area contributed by atoms with Gasteiger partial charge in [0.2, 0.25) is 0 Å². The highest BCUT2D eigenvalue weighted by molar-refractivity contribution is 5.96. The summed E-state index contributed by atoms with van der Waals surface area (Å²) in [6.07, 6.45) is -0.357. The van der Waals surface area contributed by atoms with Gasteiger partial charge in [-0.3, -0.25) is 14.9 Å². The number of rotatable bonds is 9. The van der Waals surface area contributed by atoms with Crippen molar-refractivity contribution < 1.29 is 28.7 Å². The van der Waals surface area contributed by atoms with Gasteiger partial charge < -0.3 is 19.5 Å². The van der Waals surface area contributed by atoms with Crippen LogP contribution < -0.4 is 14.8 Å². The minimum atomic E-state index is -1.09. The molecule has 0 saturated heterocycles. The van der Waals surface area contributed by atoms with Crippen LogP contribution in [0.1, 0.15) is 37.6 Å². The van der Waals surface area contributed by atoms with Crippen molar-refractivity contribution >= 4 is 17.6 Å². The van der Waals surface area contributed by atoms with Gasteiger partial charge in [-0.15, -0.1) is 0 Å². The van der Waals surface area contributed by atoms with Gasteiger partial charge >= 0.3 is 5.97 Å². The van der Waals surface area contributed by atoms with Crippen LogP contribution in [0, 0.1) is 10.1 Å². The predicted molar refractivity (Wildman–Crippen MR) is 89.0 cm³/mol. The third-order valence-electron chi connectivity index (χ3n) is 3.20. The van der Waals surface area contributed by atoms with E-state index in [0.29, 0.717) is 6.54 Å². The average molecular weight is 354 g/mol. The lowest BCUT2D eigenvalue weighted by Crippen LogP contribution is -2.36. The van der Waals surface area contributed by atoms with Crippen LogP contribution in [-0.4, -0.2) is 43.2 Å². The monoisotopic (exact) mass is 354 g/mol. The number of nitrogens with one attached hydrogen (secondary N) is 1. The number of benzene rings is 1. The number of nitrogens with zero attached hydrogens (tertiary/aromatic N) is 1. The van der Waals surface area contributed by atoms with Crippen LogP contribution in [0.15, 0.2) is 12.1 Å². The molecule has 1 N–H and O–H groups in total. The lowest BCUT2D eigenvalue weighted by Gasteiger charge is -2.15. The van der Waals surface area contributed by atoms with Crippen molar-refractivity contribution in [2.75, 3.05) is 20.3 Å². The number of carbonyl (C=O) groups excluding carboxylic acids is 2. The Bertz CT molecular complexity index is 646. The summed E-state index contributed by atoms with van der Waals surface area (Å²) in [5.41, 5.74) is -0.809. The van der Waals surface area contributed by atoms with Gasteiger partial charge in [-0.1, -0.05) is 6.92 Å². The van der Waals surface area contributed by atoms with Gasteiger partial charge in [0.1, 0.15) is 5.56 Å². The normalized spacial score (nSPS) is 11.4. The number of amides is 1. The van der Waals surface area contributed by atoms with E-state index in [2.05, 4.69) is 5.32 Å². The molecule has 1 rings (SSSR count).